The van der Waals surface area contributed by atoms with Crippen molar-refractivity contribution >= 4 is 0 Å². The summed E-state index contributed by atoms with van der Waals surface area (Å²) in [6, 6.07) is 10.1. The van der Waals surface area contributed by atoms with E-state index >= 15 is 0 Å². The first-order valence-corrected chi connectivity index (χ1v) is 6.01. The van der Waals surface area contributed by atoms with Crippen LogP contribution in [0.4, 0.5) is 0 Å². The Hall–Kier alpha value is -1.64. The third-order valence-electron chi connectivity index (χ3n) is 2.69. The molecule has 0 saturated heterocycles. The lowest BCUT2D eigenvalue weighted by molar-refractivity contribution is 0.376. The van der Waals surface area contributed by atoms with E-state index in [1.807, 2.05) is 41.2 Å². The van der Waals surface area contributed by atoms with Crippen molar-refractivity contribution in [1.29, 1.82) is 0 Å². The molecule has 1 aromatic heterocycles. The number of hydrogen-bond acceptors (Lipinski definition) is 2. The standard InChI is InChI=1S/C14H19N3/c1-14(2,3)10-9-12-11-17(16-15-12)13-7-5-4-6-8-13/h4-8,11H,9-10H2,1-3H3. The summed E-state index contributed by atoms with van der Waals surface area (Å²) in [5, 5.41) is 8.36. The summed E-state index contributed by atoms with van der Waals surface area (Å²) in [5.41, 5.74) is 2.46. The summed E-state index contributed by atoms with van der Waals surface area (Å²) < 4.78 is 1.83. The molecule has 3 heteroatoms. The van der Waals surface area contributed by atoms with E-state index in [2.05, 4.69) is 31.1 Å². The van der Waals surface area contributed by atoms with Crippen molar-refractivity contribution in [3.8, 4) is 5.69 Å². The van der Waals surface area contributed by atoms with Gasteiger partial charge in [0.25, 0.3) is 0 Å². The fourth-order valence-corrected chi connectivity index (χ4v) is 1.62. The molecule has 0 atom stereocenters. The maximum atomic E-state index is 4.21. The Morgan fingerprint density at radius 2 is 1.82 bits per heavy atom. The van der Waals surface area contributed by atoms with E-state index in [0.717, 1.165) is 24.2 Å². The summed E-state index contributed by atoms with van der Waals surface area (Å²) >= 11 is 0. The van der Waals surface area contributed by atoms with Crippen LogP contribution in [0, 0.1) is 5.41 Å². The van der Waals surface area contributed by atoms with Gasteiger partial charge in [0.2, 0.25) is 0 Å². The average Bonchev–Trinajstić information content (AvgIpc) is 2.75. The Kier molecular flexibility index (Phi) is 3.27. The van der Waals surface area contributed by atoms with Crippen molar-refractivity contribution in [3.05, 3.63) is 42.2 Å². The molecule has 17 heavy (non-hydrogen) atoms. The van der Waals surface area contributed by atoms with Gasteiger partial charge in [-0.1, -0.05) is 44.2 Å². The van der Waals surface area contributed by atoms with E-state index in [0.29, 0.717) is 5.41 Å². The SMILES string of the molecule is CC(C)(C)CCc1cn(-c2ccccc2)nn1. The van der Waals surface area contributed by atoms with Gasteiger partial charge in [-0.3, -0.25) is 0 Å². The Morgan fingerprint density at radius 1 is 1.12 bits per heavy atom. The number of nitrogens with zero attached hydrogens (tertiary/aromatic N) is 3. The zero-order valence-electron chi connectivity index (χ0n) is 10.7. The molecule has 0 bridgehead atoms. The van der Waals surface area contributed by atoms with Crippen LogP contribution in [0.2, 0.25) is 0 Å². The molecule has 2 aromatic rings. The third kappa shape index (κ3) is 3.41. The van der Waals surface area contributed by atoms with Crippen molar-refractivity contribution in [2.24, 2.45) is 5.41 Å². The van der Waals surface area contributed by atoms with Crippen LogP contribution in [0.25, 0.3) is 5.69 Å². The average molecular weight is 229 g/mol. The van der Waals surface area contributed by atoms with Gasteiger partial charge >= 0.3 is 0 Å². The van der Waals surface area contributed by atoms with Gasteiger partial charge < -0.3 is 0 Å². The van der Waals surface area contributed by atoms with Crippen molar-refractivity contribution in [2.75, 3.05) is 0 Å². The topological polar surface area (TPSA) is 30.7 Å². The Labute approximate surface area is 102 Å². The molecule has 0 N–H and O–H groups in total. The van der Waals surface area contributed by atoms with Crippen molar-refractivity contribution < 1.29 is 0 Å². The van der Waals surface area contributed by atoms with E-state index in [1.165, 1.54) is 0 Å². The Morgan fingerprint density at radius 3 is 2.47 bits per heavy atom. The largest absolute Gasteiger partial charge is 0.220 e. The minimum absolute atomic E-state index is 0.344. The van der Waals surface area contributed by atoms with Gasteiger partial charge in [-0.25, -0.2) is 4.68 Å². The number of hydrogen-bond donors (Lipinski definition) is 0. The minimum atomic E-state index is 0.344. The van der Waals surface area contributed by atoms with E-state index in [4.69, 9.17) is 0 Å². The first kappa shape index (κ1) is 11.8. The molecule has 90 valence electrons. The number of benzene rings is 1. The lowest BCUT2D eigenvalue weighted by Crippen LogP contribution is -2.06. The van der Waals surface area contributed by atoms with Crippen LogP contribution in [0.15, 0.2) is 36.5 Å². The van der Waals surface area contributed by atoms with Crippen LogP contribution in [-0.4, -0.2) is 15.0 Å². The molecule has 2 rings (SSSR count). The highest BCUT2D eigenvalue weighted by atomic mass is 15.4. The van der Waals surface area contributed by atoms with E-state index in [-0.39, 0.29) is 0 Å². The molecule has 1 heterocycles. The first-order valence-electron chi connectivity index (χ1n) is 6.01. The van der Waals surface area contributed by atoms with E-state index < -0.39 is 0 Å². The van der Waals surface area contributed by atoms with Gasteiger partial charge in [0, 0.05) is 0 Å². The molecule has 0 amide bonds. The van der Waals surface area contributed by atoms with Gasteiger partial charge in [0.05, 0.1) is 17.6 Å². The molecule has 0 aliphatic carbocycles. The molecule has 0 aliphatic rings. The molecule has 0 unspecified atom stereocenters. The highest BCUT2D eigenvalue weighted by molar-refractivity contribution is 5.29. The molecule has 0 radical (unpaired) electrons. The zero-order chi connectivity index (χ0) is 12.3. The number of aryl methyl sites for hydroxylation is 1. The summed E-state index contributed by atoms with van der Waals surface area (Å²) in [6.07, 6.45) is 4.12. The number of para-hydroxylation sites is 1. The van der Waals surface area contributed by atoms with Crippen molar-refractivity contribution in [3.63, 3.8) is 0 Å². The second-order valence-corrected chi connectivity index (χ2v) is 5.55. The summed E-state index contributed by atoms with van der Waals surface area (Å²) in [7, 11) is 0. The zero-order valence-corrected chi connectivity index (χ0v) is 10.7. The fraction of sp³-hybridized carbons (Fsp3) is 0.429. The third-order valence-corrected chi connectivity index (χ3v) is 2.69. The van der Waals surface area contributed by atoms with Gasteiger partial charge in [-0.05, 0) is 30.4 Å². The molecule has 3 nitrogen and oxygen atoms in total. The van der Waals surface area contributed by atoms with Crippen molar-refractivity contribution in [1.82, 2.24) is 15.0 Å². The lowest BCUT2D eigenvalue weighted by Gasteiger charge is -2.16. The number of aromatic nitrogens is 3. The van der Waals surface area contributed by atoms with Crippen LogP contribution >= 0.6 is 0 Å². The van der Waals surface area contributed by atoms with Gasteiger partial charge in [0.15, 0.2) is 0 Å². The van der Waals surface area contributed by atoms with Crippen LogP contribution in [0.5, 0.6) is 0 Å². The Balaban J connectivity index is 2.07. The minimum Gasteiger partial charge on any atom is -0.220 e. The molecular formula is C14H19N3. The molecule has 0 fully saturated rings. The highest BCUT2D eigenvalue weighted by Crippen LogP contribution is 2.20. The molecule has 0 aliphatic heterocycles. The lowest BCUT2D eigenvalue weighted by atomic mass is 9.90. The van der Waals surface area contributed by atoms with Gasteiger partial charge in [-0.2, -0.15) is 0 Å². The van der Waals surface area contributed by atoms with Crippen molar-refractivity contribution in [2.45, 2.75) is 33.6 Å². The predicted molar refractivity (Wildman–Crippen MR) is 69.1 cm³/mol. The van der Waals surface area contributed by atoms with E-state index in [9.17, 15) is 0 Å². The maximum Gasteiger partial charge on any atom is 0.0832 e. The molecule has 1 aromatic carbocycles. The normalized spacial score (nSPS) is 11.7. The first-order chi connectivity index (χ1) is 8.04. The quantitative estimate of drug-likeness (QED) is 0.809. The predicted octanol–water partition coefficient (Wildman–Crippen LogP) is 3.25. The molecule has 0 spiro atoms. The second-order valence-electron chi connectivity index (χ2n) is 5.55. The van der Waals surface area contributed by atoms with Crippen LogP contribution in [0.3, 0.4) is 0 Å². The maximum absolute atomic E-state index is 4.21. The van der Waals surface area contributed by atoms with E-state index in [1.54, 1.807) is 0 Å². The van der Waals surface area contributed by atoms with Gasteiger partial charge in [-0.15, -0.1) is 5.10 Å². The number of rotatable bonds is 3. The summed E-state index contributed by atoms with van der Waals surface area (Å²) in [4.78, 5) is 0. The van der Waals surface area contributed by atoms with Crippen LogP contribution in [0.1, 0.15) is 32.9 Å². The second kappa shape index (κ2) is 4.70. The van der Waals surface area contributed by atoms with Crippen LogP contribution in [-0.2, 0) is 6.42 Å². The summed E-state index contributed by atoms with van der Waals surface area (Å²) in [6.45, 7) is 6.73. The molecular weight excluding hydrogens is 210 g/mol. The summed E-state index contributed by atoms with van der Waals surface area (Å²) in [5.74, 6) is 0. The smallest absolute Gasteiger partial charge is 0.0832 e. The Bertz CT molecular complexity index is 466. The monoisotopic (exact) mass is 229 g/mol. The highest BCUT2D eigenvalue weighted by Gasteiger charge is 2.11. The van der Waals surface area contributed by atoms with Gasteiger partial charge in [0.1, 0.15) is 0 Å². The fourth-order valence-electron chi connectivity index (χ4n) is 1.62. The van der Waals surface area contributed by atoms with Crippen LogP contribution < -0.4 is 0 Å². The molecule has 0 saturated carbocycles.